The van der Waals surface area contributed by atoms with Gasteiger partial charge in [0.05, 0.1) is 12.3 Å². The maximum absolute atomic E-state index is 5.71. The second-order valence-electron chi connectivity index (χ2n) is 5.73. The molecular formula is C13H18N2O. The molecule has 0 aromatic carbocycles. The van der Waals surface area contributed by atoms with Gasteiger partial charge in [0, 0.05) is 0 Å². The molecule has 0 aliphatic heterocycles. The van der Waals surface area contributed by atoms with Crippen molar-refractivity contribution in [1.82, 2.24) is 5.43 Å². The molecule has 3 aliphatic carbocycles. The number of furan rings is 1. The third kappa shape index (κ3) is 1.05. The van der Waals surface area contributed by atoms with E-state index in [0.717, 1.165) is 35.3 Å². The molecule has 5 unspecified atom stereocenters. The fraction of sp³-hybridized carbons (Fsp3) is 0.692. The lowest BCUT2D eigenvalue weighted by atomic mass is 9.96. The van der Waals surface area contributed by atoms with E-state index in [1.54, 1.807) is 6.26 Å². The molecule has 3 N–H and O–H groups in total. The summed E-state index contributed by atoms with van der Waals surface area (Å²) in [5.74, 6) is 11.3. The molecule has 0 spiro atoms. The van der Waals surface area contributed by atoms with Crippen molar-refractivity contribution in [2.24, 2.45) is 35.4 Å². The van der Waals surface area contributed by atoms with Crippen molar-refractivity contribution in [1.29, 1.82) is 0 Å². The van der Waals surface area contributed by atoms with E-state index >= 15 is 0 Å². The lowest BCUT2D eigenvalue weighted by molar-refractivity contribution is 0.327. The van der Waals surface area contributed by atoms with Crippen LogP contribution in [0.25, 0.3) is 0 Å². The minimum absolute atomic E-state index is 0.244. The van der Waals surface area contributed by atoms with Crippen LogP contribution in [0.5, 0.6) is 0 Å². The Labute approximate surface area is 95.4 Å². The Morgan fingerprint density at radius 2 is 2.06 bits per heavy atom. The van der Waals surface area contributed by atoms with Crippen LogP contribution in [0.15, 0.2) is 22.8 Å². The third-order valence-corrected chi connectivity index (χ3v) is 5.21. The molecule has 0 saturated heterocycles. The maximum Gasteiger partial charge on any atom is 0.122 e. The highest BCUT2D eigenvalue weighted by Crippen LogP contribution is 2.72. The first-order valence-corrected chi connectivity index (χ1v) is 6.39. The fourth-order valence-electron chi connectivity index (χ4n) is 4.69. The highest BCUT2D eigenvalue weighted by molar-refractivity contribution is 5.20. The van der Waals surface area contributed by atoms with Crippen molar-refractivity contribution in [2.45, 2.75) is 25.3 Å². The largest absolute Gasteiger partial charge is 0.468 e. The zero-order valence-electron chi connectivity index (χ0n) is 9.30. The molecule has 86 valence electrons. The summed E-state index contributed by atoms with van der Waals surface area (Å²) in [4.78, 5) is 0. The Morgan fingerprint density at radius 3 is 2.62 bits per heavy atom. The van der Waals surface area contributed by atoms with Gasteiger partial charge in [-0.05, 0) is 61.0 Å². The van der Waals surface area contributed by atoms with Gasteiger partial charge in [0.1, 0.15) is 5.76 Å². The monoisotopic (exact) mass is 218 g/mol. The van der Waals surface area contributed by atoms with Crippen molar-refractivity contribution in [3.8, 4) is 0 Å². The normalized spacial score (nSPS) is 45.7. The van der Waals surface area contributed by atoms with Gasteiger partial charge in [0.25, 0.3) is 0 Å². The summed E-state index contributed by atoms with van der Waals surface area (Å²) in [7, 11) is 0. The lowest BCUT2D eigenvalue weighted by Crippen LogP contribution is -2.31. The van der Waals surface area contributed by atoms with E-state index in [4.69, 9.17) is 10.3 Å². The first kappa shape index (κ1) is 9.25. The standard InChI is InChI=1S/C13H18N2O/c14-15-13(9-2-1-5-16-9)12-10-7-3-4-8(6-7)11(10)12/h1-2,5,7-8,10-13,15H,3-4,6,14H2. The Bertz CT molecular complexity index is 373. The van der Waals surface area contributed by atoms with Crippen LogP contribution in [-0.4, -0.2) is 0 Å². The van der Waals surface area contributed by atoms with Crippen molar-refractivity contribution in [2.75, 3.05) is 0 Å². The number of nitrogens with one attached hydrogen (secondary N) is 1. The van der Waals surface area contributed by atoms with E-state index < -0.39 is 0 Å². The SMILES string of the molecule is NNC(c1ccco1)C1C2C3CCC(C3)C21. The highest BCUT2D eigenvalue weighted by Gasteiger charge is 2.67. The van der Waals surface area contributed by atoms with Crippen LogP contribution in [0.3, 0.4) is 0 Å². The molecule has 3 fully saturated rings. The van der Waals surface area contributed by atoms with E-state index in [0.29, 0.717) is 0 Å². The highest BCUT2D eigenvalue weighted by atomic mass is 16.3. The van der Waals surface area contributed by atoms with Crippen LogP contribution >= 0.6 is 0 Å². The van der Waals surface area contributed by atoms with E-state index in [2.05, 4.69) is 5.43 Å². The van der Waals surface area contributed by atoms with Gasteiger partial charge in [0.2, 0.25) is 0 Å². The molecule has 1 aromatic rings. The van der Waals surface area contributed by atoms with Gasteiger partial charge in [-0.25, -0.2) is 5.43 Å². The lowest BCUT2D eigenvalue weighted by Gasteiger charge is -2.17. The van der Waals surface area contributed by atoms with Crippen LogP contribution in [0.4, 0.5) is 0 Å². The van der Waals surface area contributed by atoms with Crippen molar-refractivity contribution < 1.29 is 4.42 Å². The summed E-state index contributed by atoms with van der Waals surface area (Å²) in [5.41, 5.74) is 2.97. The summed E-state index contributed by atoms with van der Waals surface area (Å²) in [6, 6.07) is 4.24. The Kier molecular flexibility index (Phi) is 1.80. The van der Waals surface area contributed by atoms with Gasteiger partial charge in [-0.1, -0.05) is 0 Å². The Morgan fingerprint density at radius 1 is 1.31 bits per heavy atom. The number of hydrazine groups is 1. The molecule has 3 aliphatic rings. The van der Waals surface area contributed by atoms with E-state index in [1.165, 1.54) is 19.3 Å². The number of rotatable bonds is 3. The first-order chi connectivity index (χ1) is 7.90. The van der Waals surface area contributed by atoms with E-state index in [-0.39, 0.29) is 6.04 Å². The van der Waals surface area contributed by atoms with Gasteiger partial charge in [-0.2, -0.15) is 0 Å². The molecule has 1 heterocycles. The van der Waals surface area contributed by atoms with E-state index in [1.807, 2.05) is 12.1 Å². The summed E-state index contributed by atoms with van der Waals surface area (Å²) in [5, 5.41) is 0. The predicted octanol–water partition coefficient (Wildman–Crippen LogP) is 2.08. The summed E-state index contributed by atoms with van der Waals surface area (Å²) >= 11 is 0. The molecule has 2 bridgehead atoms. The van der Waals surface area contributed by atoms with E-state index in [9.17, 15) is 0 Å². The minimum Gasteiger partial charge on any atom is -0.468 e. The molecule has 16 heavy (non-hydrogen) atoms. The number of nitrogens with two attached hydrogens (primary N) is 1. The second kappa shape index (κ2) is 3.11. The zero-order valence-corrected chi connectivity index (χ0v) is 9.30. The van der Waals surface area contributed by atoms with Crippen molar-refractivity contribution in [3.63, 3.8) is 0 Å². The van der Waals surface area contributed by atoms with Gasteiger partial charge in [-0.15, -0.1) is 0 Å². The van der Waals surface area contributed by atoms with Crippen LogP contribution < -0.4 is 11.3 Å². The smallest absolute Gasteiger partial charge is 0.122 e. The van der Waals surface area contributed by atoms with Crippen LogP contribution in [0, 0.1) is 29.6 Å². The molecule has 3 nitrogen and oxygen atoms in total. The summed E-state index contributed by atoms with van der Waals surface area (Å²) in [6.07, 6.45) is 6.14. The maximum atomic E-state index is 5.71. The zero-order chi connectivity index (χ0) is 10.7. The Hall–Kier alpha value is -0.800. The fourth-order valence-corrected chi connectivity index (χ4v) is 4.69. The molecule has 3 saturated carbocycles. The van der Waals surface area contributed by atoms with Gasteiger partial charge >= 0.3 is 0 Å². The predicted molar refractivity (Wildman–Crippen MR) is 60.1 cm³/mol. The molecule has 1 aromatic heterocycles. The average molecular weight is 218 g/mol. The number of hydrogen-bond acceptors (Lipinski definition) is 3. The second-order valence-corrected chi connectivity index (χ2v) is 5.73. The quantitative estimate of drug-likeness (QED) is 0.603. The summed E-state index contributed by atoms with van der Waals surface area (Å²) < 4.78 is 5.50. The molecular weight excluding hydrogens is 200 g/mol. The first-order valence-electron chi connectivity index (χ1n) is 6.39. The molecule has 0 amide bonds. The molecule has 3 heteroatoms. The Balaban J connectivity index is 1.59. The van der Waals surface area contributed by atoms with Gasteiger partial charge in [-0.3, -0.25) is 5.84 Å². The third-order valence-electron chi connectivity index (χ3n) is 5.21. The van der Waals surface area contributed by atoms with Crippen molar-refractivity contribution in [3.05, 3.63) is 24.2 Å². The van der Waals surface area contributed by atoms with Gasteiger partial charge in [0.15, 0.2) is 0 Å². The molecule has 4 rings (SSSR count). The average Bonchev–Trinajstić information content (AvgIpc) is 2.78. The molecule has 5 atom stereocenters. The minimum atomic E-state index is 0.244. The van der Waals surface area contributed by atoms with Gasteiger partial charge < -0.3 is 4.42 Å². The number of hydrogen-bond donors (Lipinski definition) is 2. The summed E-state index contributed by atoms with van der Waals surface area (Å²) in [6.45, 7) is 0. The van der Waals surface area contributed by atoms with Crippen LogP contribution in [-0.2, 0) is 0 Å². The van der Waals surface area contributed by atoms with Crippen molar-refractivity contribution >= 4 is 0 Å². The molecule has 0 radical (unpaired) electrons. The van der Waals surface area contributed by atoms with Crippen LogP contribution in [0.1, 0.15) is 31.1 Å². The topological polar surface area (TPSA) is 51.2 Å². The number of fused-ring (bicyclic) bond motifs is 5. The van der Waals surface area contributed by atoms with Crippen LogP contribution in [0.2, 0.25) is 0 Å².